The van der Waals surface area contributed by atoms with Gasteiger partial charge in [0.05, 0.1) is 6.10 Å². The van der Waals surface area contributed by atoms with Gasteiger partial charge in [-0.3, -0.25) is 0 Å². The van der Waals surface area contributed by atoms with Crippen molar-refractivity contribution >= 4 is 11.1 Å². The largest absolute Gasteiger partial charge is 0.492 e. The van der Waals surface area contributed by atoms with Crippen LogP contribution in [0.5, 0.6) is 5.75 Å². The van der Waals surface area contributed by atoms with Gasteiger partial charge in [-0.05, 0) is 61.0 Å². The van der Waals surface area contributed by atoms with Crippen LogP contribution in [0.2, 0.25) is 0 Å². The number of aliphatic hydroxyl groups excluding tert-OH is 1. The zero-order valence-electron chi connectivity index (χ0n) is 17.4. The highest BCUT2D eigenvalue weighted by molar-refractivity contribution is 5.99. The molecule has 0 aromatic heterocycles. The third-order valence-electron chi connectivity index (χ3n) is 4.78. The van der Waals surface area contributed by atoms with E-state index in [2.05, 4.69) is 29.2 Å². The predicted octanol–water partition coefficient (Wildman–Crippen LogP) is 4.97. The van der Waals surface area contributed by atoms with Crippen molar-refractivity contribution in [3.63, 3.8) is 0 Å². The molecule has 3 aromatic carbocycles. The van der Waals surface area contributed by atoms with Crippen molar-refractivity contribution in [1.82, 2.24) is 4.90 Å². The van der Waals surface area contributed by atoms with E-state index in [0.717, 1.165) is 40.1 Å². The van der Waals surface area contributed by atoms with Crippen LogP contribution in [0.1, 0.15) is 23.6 Å². The molecule has 3 nitrogen and oxygen atoms in total. The lowest BCUT2D eigenvalue weighted by Crippen LogP contribution is -2.19. The normalized spacial score (nSPS) is 13.1. The Bertz CT molecular complexity index is 914. The van der Waals surface area contributed by atoms with Crippen LogP contribution in [0.25, 0.3) is 11.1 Å². The maximum atomic E-state index is 10.7. The molecule has 0 saturated heterocycles. The van der Waals surface area contributed by atoms with Crippen LogP contribution in [0, 0.1) is 0 Å². The summed E-state index contributed by atoms with van der Waals surface area (Å²) in [5, 5.41) is 10.7. The summed E-state index contributed by atoms with van der Waals surface area (Å²) in [5.74, 6) is 0.848. The van der Waals surface area contributed by atoms with Gasteiger partial charge in [0.1, 0.15) is 12.4 Å². The fraction of sp³-hybridized carbons (Fsp3) is 0.231. The zero-order chi connectivity index (χ0) is 20.6. The Morgan fingerprint density at radius 2 is 1.31 bits per heavy atom. The SMILES string of the molecule is CC(O)/C(=C(\c1ccccc1)c1ccc(OCCN(C)C)cc1)c1ccccc1. The minimum atomic E-state index is -0.608. The van der Waals surface area contributed by atoms with Gasteiger partial charge in [-0.15, -0.1) is 0 Å². The lowest BCUT2D eigenvalue weighted by Gasteiger charge is -2.20. The average molecular weight is 388 g/mol. The average Bonchev–Trinajstić information content (AvgIpc) is 2.73. The summed E-state index contributed by atoms with van der Waals surface area (Å²) in [6, 6.07) is 28.5. The van der Waals surface area contributed by atoms with Gasteiger partial charge in [0, 0.05) is 6.54 Å². The Kier molecular flexibility index (Phi) is 7.23. The fourth-order valence-electron chi connectivity index (χ4n) is 3.36. The molecule has 0 bridgehead atoms. The first kappa shape index (κ1) is 20.8. The van der Waals surface area contributed by atoms with Crippen LogP contribution >= 0.6 is 0 Å². The second-order valence-electron chi connectivity index (χ2n) is 7.37. The summed E-state index contributed by atoms with van der Waals surface area (Å²) in [7, 11) is 4.06. The summed E-state index contributed by atoms with van der Waals surface area (Å²) in [6.45, 7) is 3.35. The minimum Gasteiger partial charge on any atom is -0.492 e. The minimum absolute atomic E-state index is 0.608. The number of ether oxygens (including phenoxy) is 1. The van der Waals surface area contributed by atoms with Crippen molar-refractivity contribution in [1.29, 1.82) is 0 Å². The summed E-state index contributed by atoms with van der Waals surface area (Å²) >= 11 is 0. The molecule has 0 saturated carbocycles. The van der Waals surface area contributed by atoms with E-state index < -0.39 is 6.10 Å². The number of aliphatic hydroxyl groups is 1. The van der Waals surface area contributed by atoms with Gasteiger partial charge >= 0.3 is 0 Å². The molecule has 0 aliphatic heterocycles. The Morgan fingerprint density at radius 1 is 0.793 bits per heavy atom. The summed E-state index contributed by atoms with van der Waals surface area (Å²) in [4.78, 5) is 2.10. The maximum Gasteiger partial charge on any atom is 0.119 e. The molecule has 1 N–H and O–H groups in total. The van der Waals surface area contributed by atoms with Crippen molar-refractivity contribution in [2.45, 2.75) is 13.0 Å². The predicted molar refractivity (Wildman–Crippen MR) is 121 cm³/mol. The van der Waals surface area contributed by atoms with Crippen molar-refractivity contribution in [3.05, 3.63) is 102 Å². The number of benzene rings is 3. The number of rotatable bonds is 8. The molecule has 0 amide bonds. The van der Waals surface area contributed by atoms with Crippen molar-refractivity contribution < 1.29 is 9.84 Å². The molecule has 1 unspecified atom stereocenters. The van der Waals surface area contributed by atoms with Gasteiger partial charge in [0.25, 0.3) is 0 Å². The van der Waals surface area contributed by atoms with Crippen LogP contribution in [0.4, 0.5) is 0 Å². The molecule has 150 valence electrons. The molecule has 0 spiro atoms. The molecule has 0 aliphatic carbocycles. The standard InChI is InChI=1S/C26H29NO2/c1-20(28)25(21-10-6-4-7-11-21)26(22-12-8-5-9-13-22)23-14-16-24(17-15-23)29-19-18-27(2)3/h4-17,20,28H,18-19H2,1-3H3/b26-25-. The quantitative estimate of drug-likeness (QED) is 0.554. The van der Waals surface area contributed by atoms with Crippen molar-refractivity contribution in [3.8, 4) is 5.75 Å². The third kappa shape index (κ3) is 5.57. The van der Waals surface area contributed by atoms with Gasteiger partial charge < -0.3 is 14.7 Å². The Hall–Kier alpha value is -2.88. The summed E-state index contributed by atoms with van der Waals surface area (Å²) < 4.78 is 5.84. The van der Waals surface area contributed by atoms with E-state index >= 15 is 0 Å². The molecule has 3 aromatic rings. The smallest absolute Gasteiger partial charge is 0.119 e. The van der Waals surface area contributed by atoms with Gasteiger partial charge in [0.15, 0.2) is 0 Å². The molecule has 0 aliphatic rings. The second kappa shape index (κ2) is 10.1. The number of nitrogens with zero attached hydrogens (tertiary/aromatic N) is 1. The lowest BCUT2D eigenvalue weighted by molar-refractivity contribution is 0.253. The van der Waals surface area contributed by atoms with E-state index in [0.29, 0.717) is 6.61 Å². The van der Waals surface area contributed by atoms with Crippen molar-refractivity contribution in [2.24, 2.45) is 0 Å². The highest BCUT2D eigenvalue weighted by atomic mass is 16.5. The third-order valence-corrected chi connectivity index (χ3v) is 4.78. The Morgan fingerprint density at radius 3 is 1.83 bits per heavy atom. The summed E-state index contributed by atoms with van der Waals surface area (Å²) in [5.41, 5.74) is 5.10. The maximum absolute atomic E-state index is 10.7. The number of hydrogen-bond acceptors (Lipinski definition) is 3. The van der Waals surface area contributed by atoms with Gasteiger partial charge in [-0.1, -0.05) is 72.8 Å². The van der Waals surface area contributed by atoms with Crippen LogP contribution in [0.15, 0.2) is 84.9 Å². The van der Waals surface area contributed by atoms with Crippen LogP contribution in [-0.2, 0) is 0 Å². The van der Waals surface area contributed by atoms with E-state index in [1.807, 2.05) is 81.7 Å². The lowest BCUT2D eigenvalue weighted by atomic mass is 9.87. The molecule has 1 atom stereocenters. The Balaban J connectivity index is 2.05. The van der Waals surface area contributed by atoms with Gasteiger partial charge in [0.2, 0.25) is 0 Å². The first-order chi connectivity index (χ1) is 14.1. The van der Waals surface area contributed by atoms with E-state index in [1.165, 1.54) is 0 Å². The van der Waals surface area contributed by atoms with E-state index in [1.54, 1.807) is 0 Å². The molecule has 3 rings (SSSR count). The molecule has 0 radical (unpaired) electrons. The van der Waals surface area contributed by atoms with E-state index in [-0.39, 0.29) is 0 Å². The summed E-state index contributed by atoms with van der Waals surface area (Å²) in [6.07, 6.45) is -0.608. The monoisotopic (exact) mass is 387 g/mol. The first-order valence-electron chi connectivity index (χ1n) is 9.97. The molecular formula is C26H29NO2. The zero-order valence-corrected chi connectivity index (χ0v) is 17.4. The number of hydrogen-bond donors (Lipinski definition) is 1. The molecule has 0 fully saturated rings. The molecule has 0 heterocycles. The Labute approximate surface area is 173 Å². The number of likely N-dealkylation sites (N-methyl/N-ethyl adjacent to an activating group) is 1. The molecular weight excluding hydrogens is 358 g/mol. The van der Waals surface area contributed by atoms with Crippen LogP contribution in [0.3, 0.4) is 0 Å². The highest BCUT2D eigenvalue weighted by Gasteiger charge is 2.17. The van der Waals surface area contributed by atoms with Gasteiger partial charge in [-0.25, -0.2) is 0 Å². The van der Waals surface area contributed by atoms with Crippen LogP contribution < -0.4 is 4.74 Å². The highest BCUT2D eigenvalue weighted by Crippen LogP contribution is 2.35. The first-order valence-corrected chi connectivity index (χ1v) is 9.97. The van der Waals surface area contributed by atoms with Crippen molar-refractivity contribution in [2.75, 3.05) is 27.2 Å². The fourth-order valence-corrected chi connectivity index (χ4v) is 3.36. The topological polar surface area (TPSA) is 32.7 Å². The van der Waals surface area contributed by atoms with E-state index in [9.17, 15) is 5.11 Å². The molecule has 29 heavy (non-hydrogen) atoms. The second-order valence-corrected chi connectivity index (χ2v) is 7.37. The van der Waals surface area contributed by atoms with E-state index in [4.69, 9.17) is 4.74 Å². The molecule has 3 heteroatoms. The van der Waals surface area contributed by atoms with Gasteiger partial charge in [-0.2, -0.15) is 0 Å². The van der Waals surface area contributed by atoms with Crippen LogP contribution in [-0.4, -0.2) is 43.4 Å².